The topological polar surface area (TPSA) is 112 Å². The third-order valence-electron chi connectivity index (χ3n) is 5.01. The van der Waals surface area contributed by atoms with Crippen LogP contribution in [0.1, 0.15) is 15.9 Å². The molecule has 0 aliphatic carbocycles. The normalized spacial score (nSPS) is 15.4. The summed E-state index contributed by atoms with van der Waals surface area (Å²) in [5, 5.41) is 5.49. The fraction of sp³-hybridized carbons (Fsp3) is 0.381. The largest absolute Gasteiger partial charge is 0.353 e. The van der Waals surface area contributed by atoms with Crippen molar-refractivity contribution in [3.8, 4) is 0 Å². The van der Waals surface area contributed by atoms with Crippen molar-refractivity contribution in [2.24, 2.45) is 0 Å². The number of nitrogens with zero attached hydrogens (tertiary/aromatic N) is 3. The summed E-state index contributed by atoms with van der Waals surface area (Å²) in [6.45, 7) is 4.36. The molecule has 1 aliphatic rings. The molecule has 0 unspecified atom stereocenters. The summed E-state index contributed by atoms with van der Waals surface area (Å²) in [5.41, 5.74) is 1.47. The Bertz CT molecular complexity index is 988. The molecule has 0 atom stereocenters. The molecule has 1 aromatic heterocycles. The SMILES string of the molecule is Cc1ccc(S(=O)(=O)N2CCN(CC(=O)NCCNC(=O)c3cccnc3)CC2)cc1. The number of sulfonamides is 1. The lowest BCUT2D eigenvalue weighted by Gasteiger charge is -2.33. The van der Waals surface area contributed by atoms with Crippen molar-refractivity contribution < 1.29 is 18.0 Å². The highest BCUT2D eigenvalue weighted by Crippen LogP contribution is 2.18. The lowest BCUT2D eigenvalue weighted by molar-refractivity contribution is -0.122. The highest BCUT2D eigenvalue weighted by molar-refractivity contribution is 7.89. The van der Waals surface area contributed by atoms with Gasteiger partial charge in [-0.25, -0.2) is 8.42 Å². The first-order valence-electron chi connectivity index (χ1n) is 10.1. The van der Waals surface area contributed by atoms with Gasteiger partial charge in [-0.05, 0) is 31.2 Å². The lowest BCUT2D eigenvalue weighted by Crippen LogP contribution is -2.51. The van der Waals surface area contributed by atoms with Gasteiger partial charge < -0.3 is 10.6 Å². The second-order valence-electron chi connectivity index (χ2n) is 7.34. The predicted molar refractivity (Wildman–Crippen MR) is 116 cm³/mol. The van der Waals surface area contributed by atoms with Crippen LogP contribution in [0.2, 0.25) is 0 Å². The number of aryl methyl sites for hydroxylation is 1. The van der Waals surface area contributed by atoms with Crippen LogP contribution in [-0.2, 0) is 14.8 Å². The highest BCUT2D eigenvalue weighted by Gasteiger charge is 2.28. The van der Waals surface area contributed by atoms with Gasteiger partial charge >= 0.3 is 0 Å². The maximum Gasteiger partial charge on any atom is 0.252 e. The van der Waals surface area contributed by atoms with Crippen molar-refractivity contribution in [3.63, 3.8) is 0 Å². The minimum absolute atomic E-state index is 0.162. The van der Waals surface area contributed by atoms with E-state index < -0.39 is 10.0 Å². The quantitative estimate of drug-likeness (QED) is 0.563. The molecule has 1 saturated heterocycles. The predicted octanol–water partition coefficient (Wildman–Crippen LogP) is 0.243. The summed E-state index contributed by atoms with van der Waals surface area (Å²) in [6, 6.07) is 10.2. The van der Waals surface area contributed by atoms with Gasteiger partial charge in [0, 0.05) is 51.7 Å². The van der Waals surface area contributed by atoms with Gasteiger partial charge in [0.05, 0.1) is 17.0 Å². The number of hydrogen-bond donors (Lipinski definition) is 2. The van der Waals surface area contributed by atoms with Crippen molar-refractivity contribution >= 4 is 21.8 Å². The van der Waals surface area contributed by atoms with Crippen LogP contribution in [0.5, 0.6) is 0 Å². The van der Waals surface area contributed by atoms with E-state index in [1.54, 1.807) is 42.6 Å². The highest BCUT2D eigenvalue weighted by atomic mass is 32.2. The van der Waals surface area contributed by atoms with Gasteiger partial charge in [-0.2, -0.15) is 4.31 Å². The molecule has 0 spiro atoms. The zero-order valence-electron chi connectivity index (χ0n) is 17.5. The number of carbonyl (C=O) groups is 2. The molecule has 1 aromatic carbocycles. The summed E-state index contributed by atoms with van der Waals surface area (Å²) < 4.78 is 27.0. The average molecular weight is 446 g/mol. The van der Waals surface area contributed by atoms with E-state index in [1.165, 1.54) is 10.5 Å². The molecule has 9 nitrogen and oxygen atoms in total. The summed E-state index contributed by atoms with van der Waals surface area (Å²) in [6.07, 6.45) is 3.07. The second kappa shape index (κ2) is 10.5. The number of benzene rings is 1. The van der Waals surface area contributed by atoms with E-state index in [0.29, 0.717) is 44.8 Å². The van der Waals surface area contributed by atoms with Crippen molar-refractivity contribution in [3.05, 3.63) is 59.9 Å². The van der Waals surface area contributed by atoms with Crippen LogP contribution in [-0.4, -0.2) is 80.2 Å². The smallest absolute Gasteiger partial charge is 0.252 e. The van der Waals surface area contributed by atoms with Crippen LogP contribution in [0.25, 0.3) is 0 Å². The Balaban J connectivity index is 1.37. The molecule has 3 rings (SSSR count). The third-order valence-corrected chi connectivity index (χ3v) is 6.93. The van der Waals surface area contributed by atoms with Crippen LogP contribution in [0.3, 0.4) is 0 Å². The van der Waals surface area contributed by atoms with Crippen LogP contribution >= 0.6 is 0 Å². The molecule has 2 amide bonds. The molecule has 0 bridgehead atoms. The minimum Gasteiger partial charge on any atom is -0.353 e. The first-order valence-corrected chi connectivity index (χ1v) is 11.5. The number of pyridine rings is 1. The van der Waals surface area contributed by atoms with Crippen molar-refractivity contribution in [2.75, 3.05) is 45.8 Å². The Morgan fingerprint density at radius 3 is 2.32 bits per heavy atom. The number of nitrogens with one attached hydrogen (secondary N) is 2. The van der Waals surface area contributed by atoms with Crippen LogP contribution in [0.4, 0.5) is 0 Å². The summed E-state index contributed by atoms with van der Waals surface area (Å²) in [5.74, 6) is -0.404. The number of amides is 2. The molecule has 1 aliphatic heterocycles. The van der Waals surface area contributed by atoms with E-state index in [1.807, 2.05) is 11.8 Å². The average Bonchev–Trinajstić information content (AvgIpc) is 2.78. The zero-order valence-corrected chi connectivity index (χ0v) is 18.3. The molecular weight excluding hydrogens is 418 g/mol. The molecule has 2 heterocycles. The van der Waals surface area contributed by atoms with Gasteiger partial charge in [0.15, 0.2) is 0 Å². The zero-order chi connectivity index (χ0) is 22.3. The molecule has 2 aromatic rings. The Hall–Kier alpha value is -2.82. The van der Waals surface area contributed by atoms with Gasteiger partial charge in [0.1, 0.15) is 0 Å². The Labute approximate surface area is 182 Å². The van der Waals surface area contributed by atoms with E-state index in [2.05, 4.69) is 15.6 Å². The number of aromatic nitrogens is 1. The fourth-order valence-corrected chi connectivity index (χ4v) is 4.65. The maximum atomic E-state index is 12.7. The van der Waals surface area contributed by atoms with E-state index in [9.17, 15) is 18.0 Å². The molecule has 10 heteroatoms. The Morgan fingerprint density at radius 2 is 1.68 bits per heavy atom. The molecule has 166 valence electrons. The minimum atomic E-state index is -3.52. The summed E-state index contributed by atoms with van der Waals surface area (Å²) in [4.78, 5) is 30.2. The first-order chi connectivity index (χ1) is 14.9. The van der Waals surface area contributed by atoms with Crippen molar-refractivity contribution in [2.45, 2.75) is 11.8 Å². The Morgan fingerprint density at radius 1 is 1.00 bits per heavy atom. The molecule has 2 N–H and O–H groups in total. The molecule has 0 radical (unpaired) electrons. The van der Waals surface area contributed by atoms with Crippen LogP contribution in [0.15, 0.2) is 53.7 Å². The van der Waals surface area contributed by atoms with E-state index in [-0.39, 0.29) is 23.3 Å². The summed E-state index contributed by atoms with van der Waals surface area (Å²) in [7, 11) is -3.52. The van der Waals surface area contributed by atoms with Gasteiger partial charge in [0.25, 0.3) is 5.91 Å². The van der Waals surface area contributed by atoms with Gasteiger partial charge in [-0.15, -0.1) is 0 Å². The van der Waals surface area contributed by atoms with Gasteiger partial charge in [0.2, 0.25) is 15.9 Å². The van der Waals surface area contributed by atoms with Gasteiger partial charge in [-0.1, -0.05) is 17.7 Å². The van der Waals surface area contributed by atoms with E-state index >= 15 is 0 Å². The third kappa shape index (κ3) is 6.33. The monoisotopic (exact) mass is 445 g/mol. The van der Waals surface area contributed by atoms with Crippen LogP contribution < -0.4 is 10.6 Å². The second-order valence-corrected chi connectivity index (χ2v) is 9.28. The number of carbonyl (C=O) groups excluding carboxylic acids is 2. The Kier molecular flexibility index (Phi) is 7.72. The summed E-state index contributed by atoms with van der Waals surface area (Å²) >= 11 is 0. The molecular formula is C21H27N5O4S. The molecule has 0 saturated carbocycles. The van der Waals surface area contributed by atoms with E-state index in [4.69, 9.17) is 0 Å². The maximum absolute atomic E-state index is 12.7. The first kappa shape index (κ1) is 22.9. The molecule has 1 fully saturated rings. The lowest BCUT2D eigenvalue weighted by atomic mass is 10.2. The standard InChI is InChI=1S/C21H27N5O4S/c1-17-4-6-19(7-5-17)31(29,30)26-13-11-25(12-14-26)16-20(27)23-9-10-24-21(28)18-3-2-8-22-15-18/h2-8,15H,9-14,16H2,1H3,(H,23,27)(H,24,28). The molecule has 31 heavy (non-hydrogen) atoms. The van der Waals surface area contributed by atoms with E-state index in [0.717, 1.165) is 5.56 Å². The number of piperazine rings is 1. The number of rotatable bonds is 8. The van der Waals surface area contributed by atoms with Gasteiger partial charge in [-0.3, -0.25) is 19.5 Å². The van der Waals surface area contributed by atoms with Crippen molar-refractivity contribution in [1.82, 2.24) is 24.8 Å². The number of hydrogen-bond acceptors (Lipinski definition) is 6. The fourth-order valence-electron chi connectivity index (χ4n) is 3.22. The van der Waals surface area contributed by atoms with Crippen molar-refractivity contribution in [1.29, 1.82) is 0 Å². The van der Waals surface area contributed by atoms with Crippen LogP contribution in [0, 0.1) is 6.92 Å².